The predicted molar refractivity (Wildman–Crippen MR) is 85.7 cm³/mol. The zero-order valence-electron chi connectivity index (χ0n) is 12.4. The van der Waals surface area contributed by atoms with Crippen molar-refractivity contribution in [3.8, 4) is 11.5 Å². The van der Waals surface area contributed by atoms with E-state index < -0.39 is 0 Å². The summed E-state index contributed by atoms with van der Waals surface area (Å²) >= 11 is 0. The number of rotatable bonds is 2. The summed E-state index contributed by atoms with van der Waals surface area (Å²) in [5.41, 5.74) is 0.559. The second kappa shape index (κ2) is 5.97. The Labute approximate surface area is 136 Å². The second-order valence-electron chi connectivity index (χ2n) is 6.25. The van der Waals surface area contributed by atoms with Gasteiger partial charge in [-0.05, 0) is 37.4 Å². The number of hydrogen-bond donors (Lipinski definition) is 2. The van der Waals surface area contributed by atoms with Gasteiger partial charge in [-0.1, -0.05) is 12.8 Å². The highest BCUT2D eigenvalue weighted by Crippen LogP contribution is 2.45. The molecule has 1 aromatic carbocycles. The lowest BCUT2D eigenvalue weighted by Crippen LogP contribution is -2.44. The molecule has 2 fully saturated rings. The van der Waals surface area contributed by atoms with Crippen molar-refractivity contribution in [1.29, 1.82) is 0 Å². The van der Waals surface area contributed by atoms with Crippen LogP contribution in [-0.2, 0) is 4.79 Å². The number of carbonyl (C=O) groups excluding carboxylic acids is 1. The number of fused-ring (bicyclic) bond motifs is 2. The topological polar surface area (TPSA) is 59.6 Å². The number of ether oxygens (including phenoxy) is 2. The van der Waals surface area contributed by atoms with Gasteiger partial charge in [0, 0.05) is 18.3 Å². The third-order valence-corrected chi connectivity index (χ3v) is 5.12. The molecule has 0 radical (unpaired) electrons. The highest BCUT2D eigenvalue weighted by atomic mass is 35.5. The maximum atomic E-state index is 12.8. The smallest absolute Gasteiger partial charge is 0.232 e. The molecule has 0 spiro atoms. The third-order valence-electron chi connectivity index (χ3n) is 5.12. The monoisotopic (exact) mass is 324 g/mol. The van der Waals surface area contributed by atoms with Crippen LogP contribution in [0.1, 0.15) is 25.7 Å². The van der Waals surface area contributed by atoms with Crippen molar-refractivity contribution in [3.63, 3.8) is 0 Å². The molecular formula is C16H21ClN2O3. The molecule has 6 heteroatoms. The van der Waals surface area contributed by atoms with Crippen LogP contribution in [-0.4, -0.2) is 25.8 Å². The molecule has 0 unspecified atom stereocenters. The van der Waals surface area contributed by atoms with Crippen LogP contribution in [0.25, 0.3) is 0 Å². The molecule has 0 bridgehead atoms. The quantitative estimate of drug-likeness (QED) is 0.877. The molecule has 1 aliphatic carbocycles. The van der Waals surface area contributed by atoms with Gasteiger partial charge < -0.3 is 20.1 Å². The fraction of sp³-hybridized carbons (Fsp3) is 0.562. The van der Waals surface area contributed by atoms with Crippen molar-refractivity contribution in [3.05, 3.63) is 18.2 Å². The molecule has 0 aromatic heterocycles. The van der Waals surface area contributed by atoms with Crippen LogP contribution in [0.15, 0.2) is 18.2 Å². The Bertz CT molecular complexity index is 581. The van der Waals surface area contributed by atoms with Crippen molar-refractivity contribution in [1.82, 2.24) is 5.32 Å². The summed E-state index contributed by atoms with van der Waals surface area (Å²) in [6, 6.07) is 5.57. The van der Waals surface area contributed by atoms with Crippen molar-refractivity contribution < 1.29 is 14.3 Å². The molecule has 1 saturated carbocycles. The lowest BCUT2D eigenvalue weighted by molar-refractivity contribution is -0.128. The highest BCUT2D eigenvalue weighted by molar-refractivity contribution is 5.96. The van der Waals surface area contributed by atoms with E-state index >= 15 is 0 Å². The van der Waals surface area contributed by atoms with E-state index in [0.717, 1.165) is 43.8 Å². The summed E-state index contributed by atoms with van der Waals surface area (Å²) in [5.74, 6) is 2.07. The van der Waals surface area contributed by atoms with E-state index in [4.69, 9.17) is 9.47 Å². The number of benzene rings is 1. The zero-order valence-corrected chi connectivity index (χ0v) is 13.2. The van der Waals surface area contributed by atoms with Gasteiger partial charge in [0.1, 0.15) is 0 Å². The number of anilines is 1. The van der Waals surface area contributed by atoms with E-state index in [2.05, 4.69) is 10.6 Å². The Morgan fingerprint density at radius 2 is 2.14 bits per heavy atom. The molecule has 4 rings (SSSR count). The lowest BCUT2D eigenvalue weighted by atomic mass is 9.67. The van der Waals surface area contributed by atoms with Crippen molar-refractivity contribution >= 4 is 24.0 Å². The maximum absolute atomic E-state index is 12.8. The first kappa shape index (κ1) is 15.4. The SMILES string of the molecule is Cl.O=C(Nc1ccc2c(c1)OCO2)[C@@]12CCCC[C@H]1CNC2. The molecule has 2 N–H and O–H groups in total. The molecule has 2 aliphatic heterocycles. The Balaban J connectivity index is 0.00000144. The van der Waals surface area contributed by atoms with Gasteiger partial charge in [0.25, 0.3) is 0 Å². The Hall–Kier alpha value is -1.46. The average molecular weight is 325 g/mol. The molecule has 5 nitrogen and oxygen atoms in total. The standard InChI is InChI=1S/C16H20N2O3.ClH/c19-15(16-6-2-1-3-11(16)8-17-9-16)18-12-4-5-13-14(7-12)21-10-20-13;/h4-5,7,11,17H,1-3,6,8-10H2,(H,18,19);1H/t11-,16+;/m0./s1. The molecule has 1 amide bonds. The first-order chi connectivity index (χ1) is 10.3. The van der Waals surface area contributed by atoms with Gasteiger partial charge in [-0.25, -0.2) is 0 Å². The van der Waals surface area contributed by atoms with E-state index in [1.165, 1.54) is 6.42 Å². The minimum Gasteiger partial charge on any atom is -0.454 e. The van der Waals surface area contributed by atoms with Gasteiger partial charge in [0.05, 0.1) is 5.41 Å². The summed E-state index contributed by atoms with van der Waals surface area (Å²) in [7, 11) is 0. The zero-order chi connectivity index (χ0) is 14.3. The fourth-order valence-corrected chi connectivity index (χ4v) is 3.92. The van der Waals surface area contributed by atoms with Gasteiger partial charge in [-0.15, -0.1) is 12.4 Å². The van der Waals surface area contributed by atoms with Crippen LogP contribution < -0.4 is 20.1 Å². The van der Waals surface area contributed by atoms with Gasteiger partial charge in [0.15, 0.2) is 11.5 Å². The second-order valence-corrected chi connectivity index (χ2v) is 6.25. The van der Waals surface area contributed by atoms with Crippen LogP contribution in [0, 0.1) is 11.3 Å². The van der Waals surface area contributed by atoms with Crippen molar-refractivity contribution in [2.45, 2.75) is 25.7 Å². The Kier molecular flexibility index (Phi) is 4.19. The van der Waals surface area contributed by atoms with Gasteiger partial charge in [0.2, 0.25) is 12.7 Å². The minimum absolute atomic E-state index is 0. The molecule has 3 aliphatic rings. The Morgan fingerprint density at radius 1 is 1.27 bits per heavy atom. The van der Waals surface area contributed by atoms with Crippen LogP contribution in [0.5, 0.6) is 11.5 Å². The van der Waals surface area contributed by atoms with Crippen LogP contribution in [0.3, 0.4) is 0 Å². The minimum atomic E-state index is -0.228. The van der Waals surface area contributed by atoms with Crippen LogP contribution in [0.2, 0.25) is 0 Å². The molecule has 2 atom stereocenters. The molecule has 2 heterocycles. The first-order valence-corrected chi connectivity index (χ1v) is 7.70. The summed E-state index contributed by atoms with van der Waals surface area (Å²) in [6.45, 7) is 2.02. The summed E-state index contributed by atoms with van der Waals surface area (Å²) in [5, 5.41) is 6.50. The van der Waals surface area contributed by atoms with Crippen molar-refractivity contribution in [2.75, 3.05) is 25.2 Å². The summed E-state index contributed by atoms with van der Waals surface area (Å²) < 4.78 is 10.7. The highest BCUT2D eigenvalue weighted by Gasteiger charge is 2.49. The molecule has 120 valence electrons. The van der Waals surface area contributed by atoms with E-state index in [0.29, 0.717) is 11.7 Å². The third kappa shape index (κ3) is 2.42. The lowest BCUT2D eigenvalue weighted by Gasteiger charge is -2.37. The summed E-state index contributed by atoms with van der Waals surface area (Å²) in [6.07, 6.45) is 4.53. The van der Waals surface area contributed by atoms with E-state index in [1.54, 1.807) is 0 Å². The molecule has 22 heavy (non-hydrogen) atoms. The van der Waals surface area contributed by atoms with Crippen LogP contribution in [0.4, 0.5) is 5.69 Å². The predicted octanol–water partition coefficient (Wildman–Crippen LogP) is 2.56. The van der Waals surface area contributed by atoms with Gasteiger partial charge in [-0.2, -0.15) is 0 Å². The average Bonchev–Trinajstić information content (AvgIpc) is 3.13. The molecular weight excluding hydrogens is 304 g/mol. The van der Waals surface area contributed by atoms with Crippen LogP contribution >= 0.6 is 12.4 Å². The summed E-state index contributed by atoms with van der Waals surface area (Å²) in [4.78, 5) is 12.8. The number of nitrogens with one attached hydrogen (secondary N) is 2. The number of carbonyl (C=O) groups is 1. The molecule has 1 saturated heterocycles. The van der Waals surface area contributed by atoms with E-state index in [-0.39, 0.29) is 30.5 Å². The number of amides is 1. The number of hydrogen-bond acceptors (Lipinski definition) is 4. The molecule has 1 aromatic rings. The van der Waals surface area contributed by atoms with Gasteiger partial charge >= 0.3 is 0 Å². The Morgan fingerprint density at radius 3 is 3.05 bits per heavy atom. The maximum Gasteiger partial charge on any atom is 0.232 e. The van der Waals surface area contributed by atoms with Gasteiger partial charge in [-0.3, -0.25) is 4.79 Å². The van der Waals surface area contributed by atoms with E-state index in [9.17, 15) is 4.79 Å². The fourth-order valence-electron chi connectivity index (χ4n) is 3.92. The largest absolute Gasteiger partial charge is 0.454 e. The first-order valence-electron chi connectivity index (χ1n) is 7.70. The van der Waals surface area contributed by atoms with Crippen molar-refractivity contribution in [2.24, 2.45) is 11.3 Å². The number of halogens is 1. The normalized spacial score (nSPS) is 28.6. The van der Waals surface area contributed by atoms with E-state index in [1.807, 2.05) is 18.2 Å².